The predicted molar refractivity (Wildman–Crippen MR) is 68.9 cm³/mol. The van der Waals surface area contributed by atoms with Crippen LogP contribution in [0.15, 0.2) is 0 Å². The normalized spacial score (nSPS) is 52.4. The summed E-state index contributed by atoms with van der Waals surface area (Å²) in [4.78, 5) is 11.3. The Balaban J connectivity index is 2.20. The molecule has 2 aliphatic rings. The zero-order chi connectivity index (χ0) is 12.0. The summed E-state index contributed by atoms with van der Waals surface area (Å²) in [6, 6.07) is 0.237. The summed E-state index contributed by atoms with van der Waals surface area (Å²) in [5, 5.41) is 3.13. The number of alkyl halides is 2. The Labute approximate surface area is 110 Å². The number of thioether (sulfide) groups is 1. The number of piperidine rings is 1. The van der Waals surface area contributed by atoms with Crippen LogP contribution in [0.3, 0.4) is 0 Å². The second kappa shape index (κ2) is 4.56. The highest BCUT2D eigenvalue weighted by atomic mass is 35.5. The van der Waals surface area contributed by atoms with Gasteiger partial charge in [-0.25, -0.2) is 0 Å². The van der Waals surface area contributed by atoms with Crippen LogP contribution in [-0.2, 0) is 4.79 Å². The summed E-state index contributed by atoms with van der Waals surface area (Å²) in [6.45, 7) is 4.16. The molecular formula is C10H16Cl2N2OS. The van der Waals surface area contributed by atoms with Gasteiger partial charge >= 0.3 is 0 Å². The van der Waals surface area contributed by atoms with Gasteiger partial charge in [0.2, 0.25) is 5.91 Å². The maximum absolute atomic E-state index is 11.3. The van der Waals surface area contributed by atoms with Crippen molar-refractivity contribution >= 4 is 40.9 Å². The quantitative estimate of drug-likeness (QED) is 0.715. The van der Waals surface area contributed by atoms with E-state index in [1.807, 2.05) is 0 Å². The SMILES string of the molecule is CC1NC2SC(C(N)=O)C(Cl)C2C(C)C1Cl. The van der Waals surface area contributed by atoms with Crippen LogP contribution in [0.4, 0.5) is 0 Å². The molecule has 2 saturated heterocycles. The molecule has 2 heterocycles. The molecule has 7 unspecified atom stereocenters. The summed E-state index contributed by atoms with van der Waals surface area (Å²) in [5.74, 6) is 0.178. The number of fused-ring (bicyclic) bond motifs is 1. The molecule has 6 heteroatoms. The van der Waals surface area contributed by atoms with Crippen molar-refractivity contribution in [3.05, 3.63) is 0 Å². The standard InChI is InChI=1S/C10H16Cl2N2OS/c1-3-5-7(12)8(9(13)15)16-10(5)14-4(2)6(3)11/h3-8,10,14H,1-2H3,(H2,13,15). The average molecular weight is 283 g/mol. The zero-order valence-corrected chi connectivity index (χ0v) is 11.5. The van der Waals surface area contributed by atoms with E-state index in [9.17, 15) is 4.79 Å². The van der Waals surface area contributed by atoms with E-state index in [0.717, 1.165) is 0 Å². The molecule has 3 N–H and O–H groups in total. The summed E-state index contributed by atoms with van der Waals surface area (Å²) in [7, 11) is 0. The van der Waals surface area contributed by atoms with E-state index < -0.39 is 0 Å². The minimum Gasteiger partial charge on any atom is -0.369 e. The van der Waals surface area contributed by atoms with Crippen LogP contribution in [0.5, 0.6) is 0 Å². The highest BCUT2D eigenvalue weighted by Crippen LogP contribution is 2.48. The van der Waals surface area contributed by atoms with E-state index >= 15 is 0 Å². The molecule has 1 amide bonds. The molecule has 0 radical (unpaired) electrons. The van der Waals surface area contributed by atoms with Crippen LogP contribution in [0.2, 0.25) is 0 Å². The third kappa shape index (κ3) is 1.94. The van der Waals surface area contributed by atoms with Gasteiger partial charge in [-0.15, -0.1) is 35.0 Å². The van der Waals surface area contributed by atoms with Gasteiger partial charge in [-0.2, -0.15) is 0 Å². The largest absolute Gasteiger partial charge is 0.369 e. The third-order valence-electron chi connectivity index (χ3n) is 3.59. The molecular weight excluding hydrogens is 267 g/mol. The van der Waals surface area contributed by atoms with Crippen molar-refractivity contribution in [1.29, 1.82) is 0 Å². The number of carbonyl (C=O) groups is 1. The number of halogens is 2. The van der Waals surface area contributed by atoms with Crippen LogP contribution in [0.1, 0.15) is 13.8 Å². The molecule has 92 valence electrons. The number of primary amides is 1. The Hall–Kier alpha value is 0.360. The lowest BCUT2D eigenvalue weighted by atomic mass is 9.81. The van der Waals surface area contributed by atoms with Crippen LogP contribution < -0.4 is 11.1 Å². The summed E-state index contributed by atoms with van der Waals surface area (Å²) >= 11 is 14.2. The van der Waals surface area contributed by atoms with E-state index in [1.54, 1.807) is 11.8 Å². The van der Waals surface area contributed by atoms with Gasteiger partial charge in [-0.3, -0.25) is 4.79 Å². The fourth-order valence-corrected chi connectivity index (χ4v) is 5.33. The van der Waals surface area contributed by atoms with Crippen LogP contribution >= 0.6 is 35.0 Å². The van der Waals surface area contributed by atoms with Crippen molar-refractivity contribution < 1.29 is 4.79 Å². The molecule has 0 aromatic carbocycles. The summed E-state index contributed by atoms with van der Waals surface area (Å²) < 4.78 is 0. The molecule has 3 nitrogen and oxygen atoms in total. The van der Waals surface area contributed by atoms with E-state index in [2.05, 4.69) is 19.2 Å². The second-order valence-electron chi connectivity index (χ2n) is 4.66. The molecule has 2 fully saturated rings. The van der Waals surface area contributed by atoms with Gasteiger partial charge in [0.05, 0.1) is 16.1 Å². The molecule has 2 aliphatic heterocycles. The number of nitrogens with two attached hydrogens (primary N) is 1. The number of hydrogen-bond donors (Lipinski definition) is 2. The van der Waals surface area contributed by atoms with Gasteiger partial charge in [0, 0.05) is 12.0 Å². The summed E-state index contributed by atoms with van der Waals surface area (Å²) in [6.07, 6.45) is 0. The Morgan fingerprint density at radius 1 is 1.31 bits per heavy atom. The van der Waals surface area contributed by atoms with E-state index in [4.69, 9.17) is 28.9 Å². The molecule has 0 aliphatic carbocycles. The molecule has 0 bridgehead atoms. The maximum Gasteiger partial charge on any atom is 0.232 e. The van der Waals surface area contributed by atoms with Crippen molar-refractivity contribution in [3.8, 4) is 0 Å². The second-order valence-corrected chi connectivity index (χ2v) is 6.96. The molecule has 2 rings (SSSR count). The van der Waals surface area contributed by atoms with Gasteiger partial charge in [0.1, 0.15) is 5.25 Å². The first-order chi connectivity index (χ1) is 7.43. The minimum absolute atomic E-state index is 0.0507. The average Bonchev–Trinajstić information content (AvgIpc) is 2.52. The van der Waals surface area contributed by atoms with Gasteiger partial charge in [-0.05, 0) is 12.8 Å². The number of nitrogens with one attached hydrogen (secondary N) is 1. The minimum atomic E-state index is -0.327. The maximum atomic E-state index is 11.3. The first kappa shape index (κ1) is 12.8. The van der Waals surface area contributed by atoms with Crippen molar-refractivity contribution in [3.63, 3.8) is 0 Å². The Morgan fingerprint density at radius 3 is 2.50 bits per heavy atom. The van der Waals surface area contributed by atoms with Crippen LogP contribution in [0.25, 0.3) is 0 Å². The Bertz CT molecular complexity index is 305. The predicted octanol–water partition coefficient (Wildman–Crippen LogP) is 1.37. The lowest BCUT2D eigenvalue weighted by Gasteiger charge is -2.40. The molecule has 0 saturated carbocycles. The fraction of sp³-hybridized carbons (Fsp3) is 0.900. The smallest absolute Gasteiger partial charge is 0.232 e. The van der Waals surface area contributed by atoms with Gasteiger partial charge in [0.25, 0.3) is 0 Å². The zero-order valence-electron chi connectivity index (χ0n) is 9.19. The van der Waals surface area contributed by atoms with Gasteiger partial charge < -0.3 is 11.1 Å². The number of amides is 1. The lowest BCUT2D eigenvalue weighted by molar-refractivity contribution is -0.117. The first-order valence-electron chi connectivity index (χ1n) is 5.42. The highest BCUT2D eigenvalue weighted by Gasteiger charge is 2.52. The van der Waals surface area contributed by atoms with Gasteiger partial charge in [0.15, 0.2) is 0 Å². The molecule has 0 spiro atoms. The van der Waals surface area contributed by atoms with E-state index in [-0.39, 0.29) is 39.2 Å². The fourth-order valence-electron chi connectivity index (χ4n) is 2.65. The van der Waals surface area contributed by atoms with Crippen molar-refractivity contribution in [2.75, 3.05) is 0 Å². The van der Waals surface area contributed by atoms with Crippen LogP contribution in [-0.4, -0.2) is 33.3 Å². The first-order valence-corrected chi connectivity index (χ1v) is 7.24. The summed E-state index contributed by atoms with van der Waals surface area (Å²) in [5.41, 5.74) is 5.35. The van der Waals surface area contributed by atoms with Crippen molar-refractivity contribution in [1.82, 2.24) is 5.32 Å². The Kier molecular flexibility index (Phi) is 3.65. The number of carbonyl (C=O) groups excluding carboxylic acids is 1. The Morgan fingerprint density at radius 2 is 1.94 bits per heavy atom. The van der Waals surface area contributed by atoms with E-state index in [1.165, 1.54) is 0 Å². The molecule has 0 aromatic rings. The molecule has 16 heavy (non-hydrogen) atoms. The van der Waals surface area contributed by atoms with Crippen molar-refractivity contribution in [2.45, 2.75) is 41.3 Å². The number of rotatable bonds is 1. The number of hydrogen-bond acceptors (Lipinski definition) is 3. The van der Waals surface area contributed by atoms with Crippen LogP contribution in [0, 0.1) is 11.8 Å². The third-order valence-corrected chi connectivity index (χ3v) is 6.62. The van der Waals surface area contributed by atoms with Crippen molar-refractivity contribution in [2.24, 2.45) is 17.6 Å². The molecule has 7 atom stereocenters. The molecule has 0 aromatic heterocycles. The monoisotopic (exact) mass is 282 g/mol. The topological polar surface area (TPSA) is 55.1 Å². The highest BCUT2D eigenvalue weighted by molar-refractivity contribution is 8.01. The van der Waals surface area contributed by atoms with Gasteiger partial charge in [-0.1, -0.05) is 6.92 Å². The van der Waals surface area contributed by atoms with E-state index in [0.29, 0.717) is 5.92 Å². The lowest BCUT2D eigenvalue weighted by Crippen LogP contribution is -2.54.